The minimum absolute atomic E-state index is 0.535. The van der Waals surface area contributed by atoms with E-state index in [1.54, 1.807) is 7.11 Å². The minimum Gasteiger partial charge on any atom is -0.496 e. The number of aromatic nitrogens is 1. The third kappa shape index (κ3) is 2.95. The average Bonchev–Trinajstić information content (AvgIpc) is 2.76. The molecule has 3 rings (SSSR count). The summed E-state index contributed by atoms with van der Waals surface area (Å²) in [7, 11) is 1.74. The van der Waals surface area contributed by atoms with Crippen LogP contribution in [0.5, 0.6) is 5.75 Å². The van der Waals surface area contributed by atoms with Gasteiger partial charge in [-0.1, -0.05) is 18.2 Å². The van der Waals surface area contributed by atoms with Crippen molar-refractivity contribution in [2.24, 2.45) is 0 Å². The van der Waals surface area contributed by atoms with Crippen LogP contribution < -0.4 is 10.1 Å². The van der Waals surface area contributed by atoms with Crippen molar-refractivity contribution in [1.29, 1.82) is 0 Å². The minimum atomic E-state index is 0.535. The van der Waals surface area contributed by atoms with E-state index in [0.29, 0.717) is 18.5 Å². The predicted octanol–water partition coefficient (Wildman–Crippen LogP) is 3.34. The highest BCUT2D eigenvalue weighted by atomic mass is 16.5. The maximum Gasteiger partial charge on any atom is 0.208 e. The molecule has 0 unspecified atom stereocenters. The Morgan fingerprint density at radius 2 is 2.05 bits per heavy atom. The first-order valence-corrected chi connectivity index (χ1v) is 7.46. The molecule has 1 aliphatic rings. The zero-order chi connectivity index (χ0) is 14.8. The molecule has 0 amide bonds. The molecule has 21 heavy (non-hydrogen) atoms. The molecule has 1 fully saturated rings. The van der Waals surface area contributed by atoms with E-state index in [4.69, 9.17) is 9.15 Å². The highest BCUT2D eigenvalue weighted by Gasteiger charge is 2.31. The molecule has 0 bridgehead atoms. The Labute approximate surface area is 125 Å². The van der Waals surface area contributed by atoms with Gasteiger partial charge < -0.3 is 14.5 Å². The summed E-state index contributed by atoms with van der Waals surface area (Å²) in [5.41, 5.74) is 2.30. The van der Waals surface area contributed by atoms with Crippen LogP contribution in [0.3, 0.4) is 0 Å². The maximum atomic E-state index is 5.59. The number of hydrogen-bond acceptors (Lipinski definition) is 4. The Bertz CT molecular complexity index is 596. The lowest BCUT2D eigenvalue weighted by atomic mass is 9.75. The predicted molar refractivity (Wildman–Crippen MR) is 81.6 cm³/mol. The number of methoxy groups -OCH3 is 1. The molecule has 4 nitrogen and oxygen atoms in total. The van der Waals surface area contributed by atoms with Crippen LogP contribution in [0.15, 0.2) is 28.7 Å². The van der Waals surface area contributed by atoms with E-state index in [1.807, 2.05) is 26.0 Å². The van der Waals surface area contributed by atoms with E-state index < -0.39 is 0 Å². The van der Waals surface area contributed by atoms with Gasteiger partial charge in [0.1, 0.15) is 11.5 Å². The molecule has 1 heterocycles. The molecule has 0 saturated heterocycles. The van der Waals surface area contributed by atoms with Crippen molar-refractivity contribution in [3.05, 3.63) is 47.2 Å². The number of nitrogens with one attached hydrogen (secondary N) is 1. The molecule has 1 aromatic heterocycles. The summed E-state index contributed by atoms with van der Waals surface area (Å²) in [6, 6.07) is 8.84. The number of rotatable bonds is 5. The maximum absolute atomic E-state index is 5.59. The quantitative estimate of drug-likeness (QED) is 0.916. The molecule has 0 aliphatic heterocycles. The van der Waals surface area contributed by atoms with Crippen molar-refractivity contribution < 1.29 is 9.15 Å². The normalized spacial score (nSPS) is 21.1. The van der Waals surface area contributed by atoms with Gasteiger partial charge in [0.25, 0.3) is 0 Å². The van der Waals surface area contributed by atoms with Gasteiger partial charge in [0, 0.05) is 6.04 Å². The molecular weight excluding hydrogens is 264 g/mol. The van der Waals surface area contributed by atoms with Gasteiger partial charge in [0.15, 0.2) is 0 Å². The van der Waals surface area contributed by atoms with Gasteiger partial charge >= 0.3 is 0 Å². The zero-order valence-electron chi connectivity index (χ0n) is 12.8. The van der Waals surface area contributed by atoms with Crippen LogP contribution in [0.1, 0.15) is 41.7 Å². The second-order valence-electron chi connectivity index (χ2n) is 5.74. The van der Waals surface area contributed by atoms with Gasteiger partial charge in [-0.15, -0.1) is 0 Å². The fraction of sp³-hybridized carbons (Fsp3) is 0.471. The van der Waals surface area contributed by atoms with Crippen LogP contribution in [-0.4, -0.2) is 18.1 Å². The zero-order valence-corrected chi connectivity index (χ0v) is 12.8. The highest BCUT2D eigenvalue weighted by Crippen LogP contribution is 2.40. The second-order valence-corrected chi connectivity index (χ2v) is 5.74. The van der Waals surface area contributed by atoms with Crippen LogP contribution in [0.4, 0.5) is 0 Å². The summed E-state index contributed by atoms with van der Waals surface area (Å²) in [6.45, 7) is 4.63. The van der Waals surface area contributed by atoms with E-state index in [1.165, 1.54) is 5.56 Å². The largest absolute Gasteiger partial charge is 0.496 e. The summed E-state index contributed by atoms with van der Waals surface area (Å²) in [6.07, 6.45) is 2.28. The molecule has 1 saturated carbocycles. The molecule has 1 N–H and O–H groups in total. The Balaban J connectivity index is 1.52. The van der Waals surface area contributed by atoms with Crippen molar-refractivity contribution >= 4 is 0 Å². The molecule has 2 aromatic rings. The van der Waals surface area contributed by atoms with E-state index in [9.17, 15) is 0 Å². The molecule has 4 heteroatoms. The Morgan fingerprint density at radius 3 is 2.71 bits per heavy atom. The van der Waals surface area contributed by atoms with E-state index in [0.717, 1.165) is 35.9 Å². The first-order valence-electron chi connectivity index (χ1n) is 7.46. The van der Waals surface area contributed by atoms with Gasteiger partial charge in [0.2, 0.25) is 5.89 Å². The smallest absolute Gasteiger partial charge is 0.208 e. The van der Waals surface area contributed by atoms with Crippen molar-refractivity contribution in [2.45, 2.75) is 45.2 Å². The van der Waals surface area contributed by atoms with Crippen LogP contribution in [0.2, 0.25) is 0 Å². The monoisotopic (exact) mass is 286 g/mol. The molecule has 0 radical (unpaired) electrons. The Kier molecular flexibility index (Phi) is 3.97. The van der Waals surface area contributed by atoms with Crippen molar-refractivity contribution in [3.63, 3.8) is 0 Å². The fourth-order valence-electron chi connectivity index (χ4n) is 2.89. The number of benzene rings is 1. The molecule has 112 valence electrons. The number of ether oxygens (including phenoxy) is 1. The summed E-state index contributed by atoms with van der Waals surface area (Å²) >= 11 is 0. The number of nitrogens with zero attached hydrogens (tertiary/aromatic N) is 1. The van der Waals surface area contributed by atoms with Gasteiger partial charge in [-0.3, -0.25) is 0 Å². The fourth-order valence-corrected chi connectivity index (χ4v) is 2.89. The van der Waals surface area contributed by atoms with E-state index >= 15 is 0 Å². The van der Waals surface area contributed by atoms with Gasteiger partial charge in [-0.25, -0.2) is 4.98 Å². The second kappa shape index (κ2) is 5.90. The van der Waals surface area contributed by atoms with Gasteiger partial charge in [0.05, 0.1) is 19.3 Å². The molecular formula is C17H22N2O2. The SMILES string of the molecule is COc1ccccc1C1CC(NCc2nc(C)c(C)o2)C1. The first kappa shape index (κ1) is 14.1. The lowest BCUT2D eigenvalue weighted by molar-refractivity contribution is 0.272. The van der Waals surface area contributed by atoms with E-state index in [-0.39, 0.29) is 0 Å². The Hall–Kier alpha value is -1.81. The lowest BCUT2D eigenvalue weighted by Gasteiger charge is -2.36. The number of para-hydroxylation sites is 1. The number of oxazole rings is 1. The van der Waals surface area contributed by atoms with Crippen molar-refractivity contribution in [1.82, 2.24) is 10.3 Å². The summed E-state index contributed by atoms with van der Waals surface area (Å²) in [4.78, 5) is 4.40. The Morgan fingerprint density at radius 1 is 1.29 bits per heavy atom. The van der Waals surface area contributed by atoms with Crippen LogP contribution in [0, 0.1) is 13.8 Å². The van der Waals surface area contributed by atoms with Crippen LogP contribution in [-0.2, 0) is 6.54 Å². The first-order chi connectivity index (χ1) is 10.2. The lowest BCUT2D eigenvalue weighted by Crippen LogP contribution is -2.39. The molecule has 1 aromatic carbocycles. The summed E-state index contributed by atoms with van der Waals surface area (Å²) in [5, 5.41) is 3.52. The standard InChI is InChI=1S/C17H22N2O2/c1-11-12(2)21-17(19-11)10-18-14-8-13(9-14)15-6-4-5-7-16(15)20-3/h4-7,13-14,18H,8-10H2,1-3H3. The molecule has 0 spiro atoms. The van der Waals surface area contributed by atoms with Gasteiger partial charge in [-0.2, -0.15) is 0 Å². The third-order valence-corrected chi connectivity index (χ3v) is 4.33. The van der Waals surface area contributed by atoms with Gasteiger partial charge in [-0.05, 0) is 44.2 Å². The summed E-state index contributed by atoms with van der Waals surface area (Å²) in [5.74, 6) is 3.28. The molecule has 0 atom stereocenters. The number of hydrogen-bond donors (Lipinski definition) is 1. The summed E-state index contributed by atoms with van der Waals surface area (Å²) < 4.78 is 11.0. The van der Waals surface area contributed by atoms with Crippen molar-refractivity contribution in [2.75, 3.05) is 7.11 Å². The topological polar surface area (TPSA) is 47.3 Å². The average molecular weight is 286 g/mol. The third-order valence-electron chi connectivity index (χ3n) is 4.33. The van der Waals surface area contributed by atoms with Crippen molar-refractivity contribution in [3.8, 4) is 5.75 Å². The number of aryl methyl sites for hydroxylation is 2. The van der Waals surface area contributed by atoms with E-state index in [2.05, 4.69) is 22.4 Å². The van der Waals surface area contributed by atoms with Crippen LogP contribution in [0.25, 0.3) is 0 Å². The highest BCUT2D eigenvalue weighted by molar-refractivity contribution is 5.37. The van der Waals surface area contributed by atoms with Crippen LogP contribution >= 0.6 is 0 Å². The molecule has 1 aliphatic carbocycles.